The first-order chi connectivity index (χ1) is 17.0. The summed E-state index contributed by atoms with van der Waals surface area (Å²) in [6.45, 7) is 4.28. The van der Waals surface area contributed by atoms with E-state index in [2.05, 4.69) is 25.8 Å². The molecule has 0 saturated carbocycles. The molecule has 3 aromatic rings. The number of hydrogen-bond acceptors (Lipinski definition) is 8. The Kier molecular flexibility index (Phi) is 8.05. The molecule has 2 aromatic heterocycles. The number of aliphatic hydroxyl groups is 1. The number of nitrogens with one attached hydrogen (secondary N) is 3. The molecule has 0 saturated heterocycles. The lowest BCUT2D eigenvalue weighted by Crippen LogP contribution is -2.20. The van der Waals surface area contributed by atoms with Crippen molar-refractivity contribution >= 4 is 29.2 Å². The van der Waals surface area contributed by atoms with Gasteiger partial charge in [0.25, 0.3) is 11.8 Å². The van der Waals surface area contributed by atoms with E-state index in [9.17, 15) is 18.7 Å². The van der Waals surface area contributed by atoms with Crippen molar-refractivity contribution in [3.05, 3.63) is 71.3 Å². The number of aromatic nitrogens is 3. The number of nitrogens with zero attached hydrogens (tertiary/aromatic N) is 3. The number of benzene rings is 1. The van der Waals surface area contributed by atoms with Crippen molar-refractivity contribution in [1.82, 2.24) is 15.2 Å². The number of carbonyl (C=O) groups is 1. The van der Waals surface area contributed by atoms with Crippen LogP contribution in [-0.2, 0) is 5.92 Å². The Labute approximate surface area is 207 Å². The van der Waals surface area contributed by atoms with Crippen LogP contribution >= 0.6 is 0 Å². The molecular formula is C25H27F2N7O2. The fourth-order valence-electron chi connectivity index (χ4n) is 3.34. The fraction of sp³-hybridized carbons (Fsp3) is 0.240. The molecule has 2 heterocycles. The first-order valence-corrected chi connectivity index (χ1v) is 11.0. The number of alkyl halides is 2. The van der Waals surface area contributed by atoms with Crippen LogP contribution in [0.15, 0.2) is 48.8 Å². The highest BCUT2D eigenvalue weighted by atomic mass is 19.3. The summed E-state index contributed by atoms with van der Waals surface area (Å²) in [7, 11) is 0. The van der Waals surface area contributed by atoms with Crippen LogP contribution in [0.2, 0.25) is 0 Å². The van der Waals surface area contributed by atoms with E-state index in [1.807, 2.05) is 6.92 Å². The van der Waals surface area contributed by atoms with Gasteiger partial charge in [0.2, 0.25) is 0 Å². The van der Waals surface area contributed by atoms with Crippen LogP contribution in [0.4, 0.5) is 20.3 Å². The molecule has 3 rings (SSSR count). The van der Waals surface area contributed by atoms with Gasteiger partial charge in [0.15, 0.2) is 5.69 Å². The van der Waals surface area contributed by atoms with E-state index < -0.39 is 17.4 Å². The molecule has 1 atom stereocenters. The van der Waals surface area contributed by atoms with Crippen LogP contribution in [0.5, 0.6) is 0 Å². The molecule has 0 aliphatic heterocycles. The highest BCUT2D eigenvalue weighted by Gasteiger charge is 2.26. The molecule has 1 amide bonds. The summed E-state index contributed by atoms with van der Waals surface area (Å²) in [5.41, 5.74) is 8.61. The number of aryl methyl sites for hydroxylation is 1. The van der Waals surface area contributed by atoms with Gasteiger partial charge in [0.05, 0.1) is 18.5 Å². The summed E-state index contributed by atoms with van der Waals surface area (Å²) in [5, 5.41) is 30.0. The highest BCUT2D eigenvalue weighted by molar-refractivity contribution is 6.08. The number of halogens is 2. The third-order valence-corrected chi connectivity index (χ3v) is 5.32. The smallest absolute Gasteiger partial charge is 0.276 e. The number of hydrogen-bond donors (Lipinski definition) is 5. The maximum absolute atomic E-state index is 13.6. The summed E-state index contributed by atoms with van der Waals surface area (Å²) >= 11 is 0. The molecule has 1 unspecified atom stereocenters. The number of aliphatic hydroxyl groups excluding tert-OH is 1. The van der Waals surface area contributed by atoms with E-state index in [-0.39, 0.29) is 18.3 Å². The van der Waals surface area contributed by atoms with Crippen molar-refractivity contribution < 1.29 is 18.7 Å². The summed E-state index contributed by atoms with van der Waals surface area (Å²) in [6.07, 6.45) is 3.28. The van der Waals surface area contributed by atoms with Gasteiger partial charge in [0.1, 0.15) is 5.82 Å². The van der Waals surface area contributed by atoms with E-state index in [0.717, 1.165) is 42.1 Å². The third kappa shape index (κ3) is 6.25. The SMILES string of the molecule is Cc1ccc(NC(=O)c2cc(C(C)(F)F)cnn2)cc1-c1cc(NC(C)CO)nc(/C(C=N)=C/N)c1. The van der Waals surface area contributed by atoms with Crippen LogP contribution < -0.4 is 16.4 Å². The Morgan fingerprint density at radius 2 is 2.00 bits per heavy atom. The summed E-state index contributed by atoms with van der Waals surface area (Å²) in [6, 6.07) is 9.47. The number of amides is 1. The van der Waals surface area contributed by atoms with Crippen LogP contribution in [0.3, 0.4) is 0 Å². The van der Waals surface area contributed by atoms with Crippen molar-refractivity contribution in [3.8, 4) is 11.1 Å². The van der Waals surface area contributed by atoms with Crippen molar-refractivity contribution in [2.24, 2.45) is 5.73 Å². The zero-order valence-corrected chi connectivity index (χ0v) is 20.0. The van der Waals surface area contributed by atoms with Gasteiger partial charge < -0.3 is 26.9 Å². The maximum atomic E-state index is 13.6. The lowest BCUT2D eigenvalue weighted by molar-refractivity contribution is 0.0169. The summed E-state index contributed by atoms with van der Waals surface area (Å²) < 4.78 is 27.3. The Morgan fingerprint density at radius 3 is 2.64 bits per heavy atom. The number of nitrogens with two attached hydrogens (primary N) is 1. The average Bonchev–Trinajstić information content (AvgIpc) is 2.85. The second-order valence-corrected chi connectivity index (χ2v) is 8.32. The molecule has 0 spiro atoms. The molecule has 0 radical (unpaired) electrons. The molecule has 0 aliphatic rings. The lowest BCUT2D eigenvalue weighted by atomic mass is 9.98. The normalized spacial score (nSPS) is 12.7. The van der Waals surface area contributed by atoms with E-state index in [1.54, 1.807) is 37.3 Å². The quantitative estimate of drug-likeness (QED) is 0.282. The van der Waals surface area contributed by atoms with E-state index in [4.69, 9.17) is 11.1 Å². The molecule has 9 nitrogen and oxygen atoms in total. The second kappa shape index (κ2) is 11.0. The third-order valence-electron chi connectivity index (χ3n) is 5.32. The molecule has 36 heavy (non-hydrogen) atoms. The van der Waals surface area contributed by atoms with Gasteiger partial charge in [-0.1, -0.05) is 6.07 Å². The predicted octanol–water partition coefficient (Wildman–Crippen LogP) is 3.95. The number of anilines is 2. The van der Waals surface area contributed by atoms with Crippen molar-refractivity contribution in [2.75, 3.05) is 17.2 Å². The molecule has 0 bridgehead atoms. The fourth-order valence-corrected chi connectivity index (χ4v) is 3.34. The minimum absolute atomic E-state index is 0.111. The van der Waals surface area contributed by atoms with E-state index in [0.29, 0.717) is 22.8 Å². The Bertz CT molecular complexity index is 1310. The predicted molar refractivity (Wildman–Crippen MR) is 135 cm³/mol. The van der Waals surface area contributed by atoms with Gasteiger partial charge in [-0.2, -0.15) is 5.10 Å². The first-order valence-electron chi connectivity index (χ1n) is 11.0. The number of carbonyl (C=O) groups excluding carboxylic acids is 1. The van der Waals surface area contributed by atoms with Gasteiger partial charge in [-0.25, -0.2) is 13.8 Å². The molecule has 6 N–H and O–H groups in total. The lowest BCUT2D eigenvalue weighted by Gasteiger charge is -2.16. The van der Waals surface area contributed by atoms with Crippen LogP contribution in [0.1, 0.15) is 41.2 Å². The topological polar surface area (TPSA) is 150 Å². The van der Waals surface area contributed by atoms with Crippen LogP contribution in [-0.4, -0.2) is 45.1 Å². The Hall–Kier alpha value is -4.25. The monoisotopic (exact) mass is 495 g/mol. The van der Waals surface area contributed by atoms with E-state index in [1.165, 1.54) is 6.20 Å². The second-order valence-electron chi connectivity index (χ2n) is 8.32. The molecule has 0 aliphatic carbocycles. The average molecular weight is 496 g/mol. The number of rotatable bonds is 9. The van der Waals surface area contributed by atoms with Gasteiger partial charge in [-0.05, 0) is 60.9 Å². The summed E-state index contributed by atoms with van der Waals surface area (Å²) in [4.78, 5) is 17.2. The largest absolute Gasteiger partial charge is 0.404 e. The van der Waals surface area contributed by atoms with Gasteiger partial charge in [-0.15, -0.1) is 5.10 Å². The molecule has 1 aromatic carbocycles. The standard InChI is InChI=1S/C25H27F2N7O2/c1-14-4-5-19(32-24(36)22-8-18(12-30-34-22)25(3,26)27)9-20(14)16-6-21(17(10-28)11-29)33-23(7-16)31-15(2)13-35/h4-12,15,28,35H,13,29H2,1-3H3,(H,31,33)(H,32,36)/b17-11+,28-10?. The Balaban J connectivity index is 2.00. The van der Waals surface area contributed by atoms with Gasteiger partial charge >= 0.3 is 0 Å². The maximum Gasteiger partial charge on any atom is 0.276 e. The van der Waals surface area contributed by atoms with Crippen molar-refractivity contribution in [2.45, 2.75) is 32.7 Å². The first kappa shape index (κ1) is 26.4. The van der Waals surface area contributed by atoms with Crippen molar-refractivity contribution in [3.63, 3.8) is 0 Å². The minimum atomic E-state index is -3.16. The van der Waals surface area contributed by atoms with Crippen molar-refractivity contribution in [1.29, 1.82) is 5.41 Å². The molecular weight excluding hydrogens is 468 g/mol. The van der Waals surface area contributed by atoms with E-state index >= 15 is 0 Å². The van der Waals surface area contributed by atoms with Gasteiger partial charge in [0, 0.05) is 42.2 Å². The zero-order chi connectivity index (χ0) is 26.5. The number of allylic oxidation sites excluding steroid dienone is 1. The Morgan fingerprint density at radius 1 is 1.25 bits per heavy atom. The molecule has 0 fully saturated rings. The molecule has 188 valence electrons. The minimum Gasteiger partial charge on any atom is -0.404 e. The summed E-state index contributed by atoms with van der Waals surface area (Å²) in [5.74, 6) is -3.38. The molecule has 11 heteroatoms. The van der Waals surface area contributed by atoms with Crippen LogP contribution in [0.25, 0.3) is 16.7 Å². The zero-order valence-electron chi connectivity index (χ0n) is 20.0. The number of pyridine rings is 1. The van der Waals surface area contributed by atoms with Gasteiger partial charge in [-0.3, -0.25) is 4.79 Å². The van der Waals surface area contributed by atoms with Crippen LogP contribution in [0, 0.1) is 12.3 Å². The highest BCUT2D eigenvalue weighted by Crippen LogP contribution is 2.31.